The molecule has 0 saturated heterocycles. The largest absolute Gasteiger partial charge is 0.480 e. The van der Waals surface area contributed by atoms with Crippen LogP contribution in [0.3, 0.4) is 0 Å². The minimum absolute atomic E-state index is 0.128. The number of aryl methyl sites for hydroxylation is 1. The molecule has 1 aliphatic heterocycles. The van der Waals surface area contributed by atoms with E-state index in [4.69, 9.17) is 0 Å². The zero-order valence-corrected chi connectivity index (χ0v) is 21.4. The zero-order chi connectivity index (χ0) is 27.2. The van der Waals surface area contributed by atoms with Crippen molar-refractivity contribution >= 4 is 35.1 Å². The van der Waals surface area contributed by atoms with Gasteiger partial charge in [-0.2, -0.15) is 0 Å². The number of carboxylic acids is 1. The number of hydrogen-bond donors (Lipinski definition) is 3. The Morgan fingerprint density at radius 1 is 0.947 bits per heavy atom. The van der Waals surface area contributed by atoms with Crippen LogP contribution in [0.2, 0.25) is 0 Å². The number of nitrogens with one attached hydrogen (secondary N) is 2. The minimum Gasteiger partial charge on any atom is -0.480 e. The molecule has 0 spiro atoms. The van der Waals surface area contributed by atoms with E-state index in [-0.39, 0.29) is 36.1 Å². The van der Waals surface area contributed by atoms with Gasteiger partial charge in [-0.1, -0.05) is 74.5 Å². The van der Waals surface area contributed by atoms with Gasteiger partial charge in [-0.3, -0.25) is 19.3 Å². The third-order valence-corrected chi connectivity index (χ3v) is 6.58. The van der Waals surface area contributed by atoms with E-state index in [2.05, 4.69) is 10.6 Å². The van der Waals surface area contributed by atoms with Gasteiger partial charge in [0.05, 0.1) is 11.4 Å². The van der Waals surface area contributed by atoms with Gasteiger partial charge in [0, 0.05) is 18.4 Å². The maximum Gasteiger partial charge on any atom is 0.326 e. The monoisotopic (exact) mass is 513 g/mol. The Kier molecular flexibility index (Phi) is 8.21. The van der Waals surface area contributed by atoms with Crippen LogP contribution in [0.25, 0.3) is 0 Å². The second-order valence-electron chi connectivity index (χ2n) is 9.71. The van der Waals surface area contributed by atoms with E-state index in [1.165, 1.54) is 11.0 Å². The van der Waals surface area contributed by atoms with Gasteiger partial charge in [0.25, 0.3) is 5.91 Å². The highest BCUT2D eigenvalue weighted by molar-refractivity contribution is 6.13. The fourth-order valence-corrected chi connectivity index (χ4v) is 4.66. The minimum atomic E-state index is -1.15. The van der Waals surface area contributed by atoms with Crippen LogP contribution in [0.1, 0.15) is 41.8 Å². The molecule has 0 saturated carbocycles. The number of nitrogens with zero attached hydrogens (tertiary/aromatic N) is 1. The SMILES string of the molecule is CC(C)C1C(=O)Nc2cc(C(=O)NC(Cc3ccccc3)C(=O)O)ccc2N1C(=O)CCc1ccccc1. The van der Waals surface area contributed by atoms with Crippen LogP contribution in [0.15, 0.2) is 78.9 Å². The molecule has 1 heterocycles. The van der Waals surface area contributed by atoms with Gasteiger partial charge < -0.3 is 15.7 Å². The standard InChI is InChI=1S/C30H31N3O5/c1-19(2)27-29(36)31-23-18-22(28(35)32-24(30(37)38)17-21-11-7-4-8-12-21)14-15-25(23)33(27)26(34)16-13-20-9-5-3-6-10-20/h3-12,14-15,18-19,24,27H,13,16-17H2,1-2H3,(H,31,36)(H,32,35)(H,37,38). The van der Waals surface area contributed by atoms with Gasteiger partial charge in [-0.25, -0.2) is 4.79 Å². The number of carboxylic acid groups (broad SMARTS) is 1. The van der Waals surface area contributed by atoms with E-state index in [1.54, 1.807) is 36.4 Å². The fourth-order valence-electron chi connectivity index (χ4n) is 4.66. The van der Waals surface area contributed by atoms with Gasteiger partial charge in [0.1, 0.15) is 12.1 Å². The van der Waals surface area contributed by atoms with E-state index in [0.29, 0.717) is 17.8 Å². The first kappa shape index (κ1) is 26.6. The molecule has 196 valence electrons. The average molecular weight is 514 g/mol. The lowest BCUT2D eigenvalue weighted by Crippen LogP contribution is -2.53. The number of carbonyl (C=O) groups excluding carboxylic acids is 3. The molecule has 8 heteroatoms. The number of amides is 3. The van der Waals surface area contributed by atoms with Crippen LogP contribution in [0, 0.1) is 5.92 Å². The van der Waals surface area contributed by atoms with Gasteiger partial charge in [-0.15, -0.1) is 0 Å². The molecule has 1 aliphatic rings. The highest BCUT2D eigenvalue weighted by Gasteiger charge is 2.38. The molecule has 0 aliphatic carbocycles. The second kappa shape index (κ2) is 11.7. The molecule has 2 atom stereocenters. The summed E-state index contributed by atoms with van der Waals surface area (Å²) in [6.07, 6.45) is 0.891. The molecule has 38 heavy (non-hydrogen) atoms. The van der Waals surface area contributed by atoms with Gasteiger partial charge in [-0.05, 0) is 41.7 Å². The fraction of sp³-hybridized carbons (Fsp3) is 0.267. The third-order valence-electron chi connectivity index (χ3n) is 6.58. The Bertz CT molecular complexity index is 1320. The molecule has 3 aromatic rings. The van der Waals surface area contributed by atoms with Crippen molar-refractivity contribution in [2.45, 2.75) is 45.2 Å². The van der Waals surface area contributed by atoms with Gasteiger partial charge in [0.15, 0.2) is 0 Å². The van der Waals surface area contributed by atoms with Crippen LogP contribution in [-0.4, -0.2) is 40.9 Å². The van der Waals surface area contributed by atoms with Crippen molar-refractivity contribution in [3.8, 4) is 0 Å². The number of carbonyl (C=O) groups is 4. The zero-order valence-electron chi connectivity index (χ0n) is 21.4. The molecule has 0 bridgehead atoms. The average Bonchev–Trinajstić information content (AvgIpc) is 2.91. The summed E-state index contributed by atoms with van der Waals surface area (Å²) in [5.74, 6) is -2.39. The van der Waals surface area contributed by atoms with E-state index in [9.17, 15) is 24.3 Å². The highest BCUT2D eigenvalue weighted by Crippen LogP contribution is 2.36. The number of fused-ring (bicyclic) bond motifs is 1. The van der Waals surface area contributed by atoms with Crippen LogP contribution in [0.5, 0.6) is 0 Å². The molecule has 4 rings (SSSR count). The molecule has 3 aromatic carbocycles. The van der Waals surface area contributed by atoms with Crippen LogP contribution >= 0.6 is 0 Å². The number of anilines is 2. The Balaban J connectivity index is 1.56. The molecule has 0 aromatic heterocycles. The lowest BCUT2D eigenvalue weighted by atomic mass is 9.95. The number of benzene rings is 3. The Labute approximate surface area is 221 Å². The van der Waals surface area contributed by atoms with Crippen LogP contribution in [-0.2, 0) is 27.2 Å². The third kappa shape index (κ3) is 6.08. The topological polar surface area (TPSA) is 116 Å². The maximum absolute atomic E-state index is 13.4. The molecule has 0 fully saturated rings. The van der Waals surface area contributed by atoms with Crippen molar-refractivity contribution in [3.63, 3.8) is 0 Å². The number of aliphatic carboxylic acids is 1. The van der Waals surface area contributed by atoms with E-state index in [0.717, 1.165) is 11.1 Å². The first-order valence-corrected chi connectivity index (χ1v) is 12.6. The predicted molar refractivity (Wildman–Crippen MR) is 145 cm³/mol. The summed E-state index contributed by atoms with van der Waals surface area (Å²) in [6, 6.07) is 21.5. The van der Waals surface area contributed by atoms with Crippen molar-refractivity contribution in [2.75, 3.05) is 10.2 Å². The summed E-state index contributed by atoms with van der Waals surface area (Å²) in [5, 5.41) is 15.1. The Hall–Kier alpha value is -4.46. The predicted octanol–water partition coefficient (Wildman–Crippen LogP) is 4.05. The molecular formula is C30H31N3O5. The Morgan fingerprint density at radius 2 is 1.58 bits per heavy atom. The Morgan fingerprint density at radius 3 is 2.18 bits per heavy atom. The molecular weight excluding hydrogens is 482 g/mol. The highest BCUT2D eigenvalue weighted by atomic mass is 16.4. The molecule has 8 nitrogen and oxygen atoms in total. The lowest BCUT2D eigenvalue weighted by molar-refractivity contribution is -0.139. The number of hydrogen-bond acceptors (Lipinski definition) is 4. The summed E-state index contributed by atoms with van der Waals surface area (Å²) in [7, 11) is 0. The molecule has 2 unspecified atom stereocenters. The van der Waals surface area contributed by atoms with Crippen LogP contribution < -0.4 is 15.5 Å². The van der Waals surface area contributed by atoms with Gasteiger partial charge >= 0.3 is 5.97 Å². The van der Waals surface area contributed by atoms with Crippen molar-refractivity contribution in [1.82, 2.24) is 5.32 Å². The maximum atomic E-state index is 13.4. The summed E-state index contributed by atoms with van der Waals surface area (Å²) >= 11 is 0. The number of rotatable bonds is 9. The van der Waals surface area contributed by atoms with Crippen molar-refractivity contribution in [3.05, 3.63) is 95.6 Å². The van der Waals surface area contributed by atoms with Crippen LogP contribution in [0.4, 0.5) is 11.4 Å². The van der Waals surface area contributed by atoms with E-state index >= 15 is 0 Å². The molecule has 0 radical (unpaired) electrons. The molecule has 3 amide bonds. The summed E-state index contributed by atoms with van der Waals surface area (Å²) in [5.41, 5.74) is 2.84. The molecule has 3 N–H and O–H groups in total. The first-order chi connectivity index (χ1) is 18.2. The quantitative estimate of drug-likeness (QED) is 0.399. The normalized spacial score (nSPS) is 15.4. The van der Waals surface area contributed by atoms with E-state index in [1.807, 2.05) is 50.2 Å². The van der Waals surface area contributed by atoms with E-state index < -0.39 is 24.0 Å². The van der Waals surface area contributed by atoms with Gasteiger partial charge in [0.2, 0.25) is 11.8 Å². The first-order valence-electron chi connectivity index (χ1n) is 12.6. The summed E-state index contributed by atoms with van der Waals surface area (Å²) in [4.78, 5) is 52.8. The summed E-state index contributed by atoms with van der Waals surface area (Å²) in [6.45, 7) is 3.76. The van der Waals surface area contributed by atoms with Crippen molar-refractivity contribution < 1.29 is 24.3 Å². The second-order valence-corrected chi connectivity index (χ2v) is 9.71. The lowest BCUT2D eigenvalue weighted by Gasteiger charge is -2.38. The summed E-state index contributed by atoms with van der Waals surface area (Å²) < 4.78 is 0. The van der Waals surface area contributed by atoms with Crippen molar-refractivity contribution in [2.24, 2.45) is 5.92 Å². The smallest absolute Gasteiger partial charge is 0.326 e. The van der Waals surface area contributed by atoms with Crippen molar-refractivity contribution in [1.29, 1.82) is 0 Å².